The number of carbonyl (C=O) groups is 1. The number of allylic oxidation sites excluding steroid dienone is 2. The number of aliphatic hydroxyl groups is 1. The van der Waals surface area contributed by atoms with E-state index in [1.54, 1.807) is 19.1 Å². The van der Waals surface area contributed by atoms with Crippen molar-refractivity contribution in [3.63, 3.8) is 0 Å². The van der Waals surface area contributed by atoms with Crippen molar-refractivity contribution < 1.29 is 15.0 Å². The highest BCUT2D eigenvalue weighted by Gasteiger charge is 2.37. The van der Waals surface area contributed by atoms with Crippen LogP contribution in [0.1, 0.15) is 6.92 Å². The highest BCUT2D eigenvalue weighted by molar-refractivity contribution is 5.76. The van der Waals surface area contributed by atoms with E-state index in [1.807, 2.05) is 0 Å². The predicted octanol–water partition coefficient (Wildman–Crippen LogP) is 0.568. The Balaban J connectivity index is 3.05. The third-order valence-corrected chi connectivity index (χ3v) is 1.83. The second-order valence-electron chi connectivity index (χ2n) is 2.76. The molecule has 1 aliphatic rings. The van der Waals surface area contributed by atoms with Gasteiger partial charge in [0.15, 0.2) is 5.60 Å². The third-order valence-electron chi connectivity index (χ3n) is 1.83. The van der Waals surface area contributed by atoms with E-state index in [4.69, 9.17) is 5.11 Å². The molecule has 1 rings (SSSR count). The fourth-order valence-electron chi connectivity index (χ4n) is 1.22. The van der Waals surface area contributed by atoms with Gasteiger partial charge >= 0.3 is 5.97 Å². The molecule has 13 heavy (non-hydrogen) atoms. The molecule has 2 N–H and O–H groups in total. The summed E-state index contributed by atoms with van der Waals surface area (Å²) < 4.78 is 0. The SMILES string of the molecule is CC#C[C@@]1(O)C=CC=C[C@@H]1C(=O)O. The first kappa shape index (κ1) is 9.56. The van der Waals surface area contributed by atoms with Crippen molar-refractivity contribution in [2.75, 3.05) is 0 Å². The highest BCUT2D eigenvalue weighted by Crippen LogP contribution is 2.24. The molecule has 0 aromatic heterocycles. The summed E-state index contributed by atoms with van der Waals surface area (Å²) in [6, 6.07) is 0. The lowest BCUT2D eigenvalue weighted by molar-refractivity contribution is -0.144. The first-order chi connectivity index (χ1) is 6.10. The molecule has 0 fully saturated rings. The Morgan fingerprint density at radius 1 is 1.54 bits per heavy atom. The van der Waals surface area contributed by atoms with E-state index < -0.39 is 17.5 Å². The highest BCUT2D eigenvalue weighted by atomic mass is 16.4. The number of hydrogen-bond donors (Lipinski definition) is 2. The summed E-state index contributed by atoms with van der Waals surface area (Å²) in [7, 11) is 0. The van der Waals surface area contributed by atoms with E-state index in [1.165, 1.54) is 12.2 Å². The molecule has 0 heterocycles. The van der Waals surface area contributed by atoms with Gasteiger partial charge in [-0.1, -0.05) is 24.1 Å². The van der Waals surface area contributed by atoms with Gasteiger partial charge in [-0.3, -0.25) is 4.79 Å². The van der Waals surface area contributed by atoms with Crippen molar-refractivity contribution in [3.8, 4) is 11.8 Å². The summed E-state index contributed by atoms with van der Waals surface area (Å²) in [5.74, 6) is 2.93. The summed E-state index contributed by atoms with van der Waals surface area (Å²) in [6.07, 6.45) is 5.99. The van der Waals surface area contributed by atoms with Gasteiger partial charge in [-0.2, -0.15) is 0 Å². The van der Waals surface area contributed by atoms with E-state index in [2.05, 4.69) is 11.8 Å². The van der Waals surface area contributed by atoms with Crippen LogP contribution in [-0.4, -0.2) is 21.8 Å². The number of rotatable bonds is 1. The average Bonchev–Trinajstić information content (AvgIpc) is 2.04. The van der Waals surface area contributed by atoms with Crippen molar-refractivity contribution >= 4 is 5.97 Å². The fourth-order valence-corrected chi connectivity index (χ4v) is 1.22. The largest absolute Gasteiger partial charge is 0.481 e. The van der Waals surface area contributed by atoms with Gasteiger partial charge in [-0.15, -0.1) is 5.92 Å². The van der Waals surface area contributed by atoms with Gasteiger partial charge in [0.1, 0.15) is 5.92 Å². The van der Waals surface area contributed by atoms with Gasteiger partial charge in [0.2, 0.25) is 0 Å². The van der Waals surface area contributed by atoms with Crippen molar-refractivity contribution in [1.82, 2.24) is 0 Å². The molecule has 0 amide bonds. The number of aliphatic carboxylic acids is 1. The maximum absolute atomic E-state index is 10.7. The quantitative estimate of drug-likeness (QED) is 0.577. The monoisotopic (exact) mass is 178 g/mol. The van der Waals surface area contributed by atoms with Gasteiger partial charge in [-0.05, 0) is 13.0 Å². The summed E-state index contributed by atoms with van der Waals surface area (Å²) in [5, 5.41) is 18.6. The molecule has 1 aliphatic carbocycles. The molecule has 0 saturated carbocycles. The van der Waals surface area contributed by atoms with Gasteiger partial charge in [-0.25, -0.2) is 0 Å². The summed E-state index contributed by atoms with van der Waals surface area (Å²) >= 11 is 0. The molecule has 0 bridgehead atoms. The van der Waals surface area contributed by atoms with E-state index in [-0.39, 0.29) is 0 Å². The van der Waals surface area contributed by atoms with E-state index >= 15 is 0 Å². The molecule has 3 nitrogen and oxygen atoms in total. The lowest BCUT2D eigenvalue weighted by atomic mass is 9.84. The Morgan fingerprint density at radius 3 is 2.77 bits per heavy atom. The van der Waals surface area contributed by atoms with Crippen molar-refractivity contribution in [1.29, 1.82) is 0 Å². The van der Waals surface area contributed by atoms with E-state index in [0.717, 1.165) is 0 Å². The molecule has 0 unspecified atom stereocenters. The zero-order valence-corrected chi connectivity index (χ0v) is 7.19. The Morgan fingerprint density at radius 2 is 2.23 bits per heavy atom. The molecule has 2 atom stereocenters. The van der Waals surface area contributed by atoms with Gasteiger partial charge in [0, 0.05) is 0 Å². The molecule has 0 spiro atoms. The summed E-state index contributed by atoms with van der Waals surface area (Å²) in [6.45, 7) is 1.56. The molecule has 3 heteroatoms. The van der Waals surface area contributed by atoms with Gasteiger partial charge in [0.05, 0.1) is 0 Å². The molecule has 68 valence electrons. The normalized spacial score (nSPS) is 30.8. The van der Waals surface area contributed by atoms with Crippen LogP contribution in [0, 0.1) is 17.8 Å². The lowest BCUT2D eigenvalue weighted by Crippen LogP contribution is -2.39. The zero-order chi connectivity index (χ0) is 9.90. The Labute approximate surface area is 76.4 Å². The van der Waals surface area contributed by atoms with Crippen LogP contribution in [0.15, 0.2) is 24.3 Å². The number of carboxylic acids is 1. The smallest absolute Gasteiger partial charge is 0.314 e. The molecule has 0 aliphatic heterocycles. The minimum absolute atomic E-state index is 0.982. The summed E-state index contributed by atoms with van der Waals surface area (Å²) in [4.78, 5) is 10.7. The minimum atomic E-state index is -1.56. The Kier molecular flexibility index (Phi) is 2.54. The third kappa shape index (κ3) is 1.79. The van der Waals surface area contributed by atoms with Crippen LogP contribution in [0.4, 0.5) is 0 Å². The molecule has 0 aromatic rings. The Hall–Kier alpha value is -1.53. The van der Waals surface area contributed by atoms with Crippen LogP contribution < -0.4 is 0 Å². The Bertz CT molecular complexity index is 330. The van der Waals surface area contributed by atoms with Crippen LogP contribution in [-0.2, 0) is 4.79 Å². The van der Waals surface area contributed by atoms with Crippen LogP contribution in [0.5, 0.6) is 0 Å². The predicted molar refractivity (Wildman–Crippen MR) is 47.8 cm³/mol. The van der Waals surface area contributed by atoms with Crippen LogP contribution in [0.2, 0.25) is 0 Å². The first-order valence-corrected chi connectivity index (χ1v) is 3.85. The standard InChI is InChI=1S/C10H10O3/c1-2-6-10(13)7-4-3-5-8(10)9(11)12/h3-5,7-8,13H,1H3,(H,11,12)/t8-,10-/m1/s1. The zero-order valence-electron chi connectivity index (χ0n) is 7.19. The average molecular weight is 178 g/mol. The number of carboxylic acid groups (broad SMARTS) is 1. The van der Waals surface area contributed by atoms with Crippen molar-refractivity contribution in [2.24, 2.45) is 5.92 Å². The van der Waals surface area contributed by atoms with Crippen LogP contribution >= 0.6 is 0 Å². The molecule has 0 aromatic carbocycles. The molecular formula is C10H10O3. The molecule has 0 saturated heterocycles. The summed E-state index contributed by atoms with van der Waals surface area (Å²) in [5.41, 5.74) is -1.56. The first-order valence-electron chi connectivity index (χ1n) is 3.85. The van der Waals surface area contributed by atoms with Crippen LogP contribution in [0.25, 0.3) is 0 Å². The topological polar surface area (TPSA) is 57.5 Å². The van der Waals surface area contributed by atoms with Crippen molar-refractivity contribution in [3.05, 3.63) is 24.3 Å². The molecular weight excluding hydrogens is 168 g/mol. The van der Waals surface area contributed by atoms with Gasteiger partial charge < -0.3 is 10.2 Å². The minimum Gasteiger partial charge on any atom is -0.481 e. The second kappa shape index (κ2) is 3.46. The fraction of sp³-hybridized carbons (Fsp3) is 0.300. The number of hydrogen-bond acceptors (Lipinski definition) is 2. The molecule has 0 radical (unpaired) electrons. The lowest BCUT2D eigenvalue weighted by Gasteiger charge is -2.25. The maximum Gasteiger partial charge on any atom is 0.314 e. The van der Waals surface area contributed by atoms with E-state index in [0.29, 0.717) is 0 Å². The maximum atomic E-state index is 10.7. The van der Waals surface area contributed by atoms with E-state index in [9.17, 15) is 9.90 Å². The second-order valence-corrected chi connectivity index (χ2v) is 2.76. The van der Waals surface area contributed by atoms with Crippen LogP contribution in [0.3, 0.4) is 0 Å². The van der Waals surface area contributed by atoms with Gasteiger partial charge in [0.25, 0.3) is 0 Å². The van der Waals surface area contributed by atoms with Crippen molar-refractivity contribution in [2.45, 2.75) is 12.5 Å².